The maximum Gasteiger partial charge on any atom is 0.114 e. The fourth-order valence-electron chi connectivity index (χ4n) is 1.10. The van der Waals surface area contributed by atoms with Crippen LogP contribution in [0.4, 0.5) is 0 Å². The molecule has 0 bridgehead atoms. The zero-order chi connectivity index (χ0) is 7.12. The Kier molecular flexibility index (Phi) is 1.41. The molecule has 46 valence electrons. The minimum Gasteiger partial charge on any atom is -0.399 e. The smallest absolute Gasteiger partial charge is 0.114 e. The number of rotatable bonds is 0. The van der Waals surface area contributed by atoms with E-state index >= 15 is 0 Å². The van der Waals surface area contributed by atoms with Crippen molar-refractivity contribution in [2.45, 2.75) is 30.2 Å². The molecule has 0 aromatic heterocycles. The fraction of sp³-hybridized carbons (Fsp3) is 1.00. The zero-order valence-corrected chi connectivity index (χ0v) is 5.30. The van der Waals surface area contributed by atoms with Crippen molar-refractivity contribution in [2.75, 3.05) is 0 Å². The Hall–Kier alpha value is 0.0499. The van der Waals surface area contributed by atoms with Crippen LogP contribution in [0.5, 0.6) is 0 Å². The molecule has 0 amide bonds. The van der Waals surface area contributed by atoms with Gasteiger partial charge in [0.15, 0.2) is 0 Å². The monoisotopic (exact) mass is 121 g/mol. The molecule has 4 heteroatoms. The molecule has 1 saturated carbocycles. The molecule has 0 heterocycles. The third-order valence-corrected chi connectivity index (χ3v) is 1.95. The third-order valence-electron chi connectivity index (χ3n) is 1.95. The Morgan fingerprint density at radius 2 is 1.89 bits per heavy atom. The first-order valence-corrected chi connectivity index (χ1v) is 3.05. The lowest BCUT2D eigenvalue weighted by molar-refractivity contribution is 0.102. The minimum atomic E-state index is -1.35. The number of hydrogen-bond acceptors (Lipinski definition) is 2. The highest BCUT2D eigenvalue weighted by molar-refractivity contribution is 6.26. The highest BCUT2D eigenvalue weighted by Crippen LogP contribution is 2.32. The summed E-state index contributed by atoms with van der Waals surface area (Å²) < 4.78 is 0. The highest BCUT2D eigenvalue weighted by Gasteiger charge is 2.42. The van der Waals surface area contributed by atoms with Crippen LogP contribution < -0.4 is 5.73 Å². The molecular formula is C5H9B2NO. The summed E-state index contributed by atoms with van der Waals surface area (Å²) in [5.74, 6) is 0. The molecule has 1 rings (SSSR count). The predicted molar refractivity (Wildman–Crippen MR) is 37.2 cm³/mol. The Morgan fingerprint density at radius 1 is 1.33 bits per heavy atom. The molecule has 2 unspecified atom stereocenters. The van der Waals surface area contributed by atoms with E-state index in [1.807, 2.05) is 0 Å². The van der Waals surface area contributed by atoms with Gasteiger partial charge in [0.2, 0.25) is 0 Å². The second-order valence-electron chi connectivity index (χ2n) is 2.82. The van der Waals surface area contributed by atoms with Gasteiger partial charge in [-0.25, -0.2) is 0 Å². The summed E-state index contributed by atoms with van der Waals surface area (Å²) in [7, 11) is 10.8. The van der Waals surface area contributed by atoms with E-state index in [1.54, 1.807) is 0 Å². The molecule has 2 nitrogen and oxygen atoms in total. The number of hydrogen-bond donors (Lipinski definition) is 2. The average molecular weight is 121 g/mol. The maximum absolute atomic E-state index is 9.25. The molecule has 2 atom stereocenters. The first-order chi connectivity index (χ1) is 3.96. The normalized spacial score (nSPS) is 51.8. The van der Waals surface area contributed by atoms with E-state index in [2.05, 4.69) is 0 Å². The van der Waals surface area contributed by atoms with Gasteiger partial charge in [-0.2, -0.15) is 0 Å². The topological polar surface area (TPSA) is 46.2 Å². The van der Waals surface area contributed by atoms with Crippen molar-refractivity contribution in [3.63, 3.8) is 0 Å². The van der Waals surface area contributed by atoms with Crippen LogP contribution in [-0.2, 0) is 0 Å². The van der Waals surface area contributed by atoms with E-state index in [9.17, 15) is 5.11 Å². The first-order valence-electron chi connectivity index (χ1n) is 3.05. The van der Waals surface area contributed by atoms with Crippen LogP contribution in [0.25, 0.3) is 0 Å². The van der Waals surface area contributed by atoms with E-state index in [-0.39, 0.29) is 0 Å². The van der Waals surface area contributed by atoms with Gasteiger partial charge in [0.25, 0.3) is 0 Å². The largest absolute Gasteiger partial charge is 0.399 e. The van der Waals surface area contributed by atoms with E-state index in [1.165, 1.54) is 0 Å². The van der Waals surface area contributed by atoms with Gasteiger partial charge in [0.1, 0.15) is 7.85 Å². The summed E-state index contributed by atoms with van der Waals surface area (Å²) >= 11 is 0. The van der Waals surface area contributed by atoms with Gasteiger partial charge in [-0.05, 0) is 18.3 Å². The maximum atomic E-state index is 9.25. The molecule has 4 radical (unpaired) electrons. The van der Waals surface area contributed by atoms with Gasteiger partial charge >= 0.3 is 0 Å². The molecule has 9 heavy (non-hydrogen) atoms. The molecule has 0 aromatic carbocycles. The van der Waals surface area contributed by atoms with Crippen molar-refractivity contribution >= 4 is 15.7 Å². The molecular weight excluding hydrogens is 112 g/mol. The third kappa shape index (κ3) is 1.01. The molecule has 1 aliphatic carbocycles. The molecule has 0 saturated heterocycles. The lowest BCUT2D eigenvalue weighted by atomic mass is 9.59. The second kappa shape index (κ2) is 1.77. The SMILES string of the molecule is [B]C1(N)CCCC1([B])O. The molecule has 1 fully saturated rings. The van der Waals surface area contributed by atoms with E-state index < -0.39 is 10.9 Å². The van der Waals surface area contributed by atoms with E-state index in [0.29, 0.717) is 12.8 Å². The highest BCUT2D eigenvalue weighted by atomic mass is 16.3. The lowest BCUT2D eigenvalue weighted by Crippen LogP contribution is -2.57. The summed E-state index contributed by atoms with van der Waals surface area (Å²) in [6.45, 7) is 0. The van der Waals surface area contributed by atoms with Crippen LogP contribution in [0.15, 0.2) is 0 Å². The van der Waals surface area contributed by atoms with E-state index in [4.69, 9.17) is 21.4 Å². The Balaban J connectivity index is 2.75. The minimum absolute atomic E-state index is 0.500. The van der Waals surface area contributed by atoms with Gasteiger partial charge in [-0.3, -0.25) is 0 Å². The van der Waals surface area contributed by atoms with Crippen LogP contribution in [0, 0.1) is 0 Å². The summed E-state index contributed by atoms with van der Waals surface area (Å²) in [5.41, 5.74) is 3.03. The van der Waals surface area contributed by atoms with Crippen molar-refractivity contribution in [1.29, 1.82) is 0 Å². The fourth-order valence-corrected chi connectivity index (χ4v) is 1.10. The van der Waals surface area contributed by atoms with Gasteiger partial charge in [0.05, 0.1) is 7.85 Å². The summed E-state index contributed by atoms with van der Waals surface area (Å²) in [4.78, 5) is 0. The Bertz CT molecular complexity index is 110. The van der Waals surface area contributed by atoms with Gasteiger partial charge in [-0.1, -0.05) is 6.42 Å². The van der Waals surface area contributed by atoms with E-state index in [0.717, 1.165) is 6.42 Å². The summed E-state index contributed by atoms with van der Waals surface area (Å²) in [5, 5.41) is 9.25. The molecule has 3 N–H and O–H groups in total. The van der Waals surface area contributed by atoms with Crippen LogP contribution in [0.3, 0.4) is 0 Å². The van der Waals surface area contributed by atoms with Gasteiger partial charge in [0, 0.05) is 5.50 Å². The van der Waals surface area contributed by atoms with Crippen LogP contribution >= 0.6 is 0 Å². The van der Waals surface area contributed by atoms with Crippen molar-refractivity contribution in [2.24, 2.45) is 5.73 Å². The Labute approximate surface area is 57.6 Å². The molecule has 0 spiro atoms. The standard InChI is InChI=1S/C5H9B2NO/c6-4(8)2-1-3-5(4,7)9/h9H,1-3,8H2. The van der Waals surface area contributed by atoms with Crippen molar-refractivity contribution in [3.8, 4) is 0 Å². The lowest BCUT2D eigenvalue weighted by Gasteiger charge is -2.34. The molecule has 0 aliphatic heterocycles. The zero-order valence-electron chi connectivity index (χ0n) is 5.30. The summed E-state index contributed by atoms with van der Waals surface area (Å²) in [6, 6.07) is 0. The van der Waals surface area contributed by atoms with Gasteiger partial charge < -0.3 is 10.8 Å². The van der Waals surface area contributed by atoms with Crippen molar-refractivity contribution in [1.82, 2.24) is 0 Å². The van der Waals surface area contributed by atoms with Crippen LogP contribution in [0.2, 0.25) is 0 Å². The molecule has 1 aliphatic rings. The quantitative estimate of drug-likeness (QED) is 0.397. The van der Waals surface area contributed by atoms with Crippen LogP contribution in [-0.4, -0.2) is 31.7 Å². The molecule has 0 aromatic rings. The predicted octanol–water partition coefficient (Wildman–Crippen LogP) is -1.15. The second-order valence-corrected chi connectivity index (χ2v) is 2.82. The van der Waals surface area contributed by atoms with Gasteiger partial charge in [-0.15, -0.1) is 0 Å². The van der Waals surface area contributed by atoms with Crippen molar-refractivity contribution < 1.29 is 5.11 Å². The number of aliphatic hydroxyl groups is 1. The average Bonchev–Trinajstić information content (AvgIpc) is 1.81. The first kappa shape index (κ1) is 7.16. The summed E-state index contributed by atoms with van der Waals surface area (Å²) in [6.07, 6.45) is 1.90. The number of nitrogens with two attached hydrogens (primary N) is 1. The van der Waals surface area contributed by atoms with Crippen LogP contribution in [0.1, 0.15) is 19.3 Å². The Morgan fingerprint density at radius 3 is 2.00 bits per heavy atom. The van der Waals surface area contributed by atoms with Crippen molar-refractivity contribution in [3.05, 3.63) is 0 Å².